The number of hydrogen-bond acceptors (Lipinski definition) is 3. The van der Waals surface area contributed by atoms with Crippen LogP contribution in [0.15, 0.2) is 12.3 Å². The summed E-state index contributed by atoms with van der Waals surface area (Å²) in [6.45, 7) is 0. The van der Waals surface area contributed by atoms with Gasteiger partial charge in [-0.15, -0.1) is 12.4 Å². The van der Waals surface area contributed by atoms with Crippen molar-refractivity contribution in [2.24, 2.45) is 24.4 Å². The minimum Gasteiger partial charge on any atom is -0.364 e. The first-order chi connectivity index (χ1) is 8.97. The third-order valence-electron chi connectivity index (χ3n) is 3.71. The number of amides is 2. The second-order valence-corrected chi connectivity index (χ2v) is 5.20. The summed E-state index contributed by atoms with van der Waals surface area (Å²) >= 11 is 0. The summed E-state index contributed by atoms with van der Waals surface area (Å²) < 4.78 is 1.60. The highest BCUT2D eigenvalue weighted by Gasteiger charge is 2.26. The fourth-order valence-electron chi connectivity index (χ4n) is 2.65. The minimum atomic E-state index is -0.513. The predicted octanol–water partition coefficient (Wildman–Crippen LogP) is 1.00. The molecule has 2 amide bonds. The summed E-state index contributed by atoms with van der Waals surface area (Å²) in [4.78, 5) is 23.0. The van der Waals surface area contributed by atoms with Gasteiger partial charge in [-0.3, -0.25) is 9.59 Å². The van der Waals surface area contributed by atoms with Crippen LogP contribution < -0.4 is 16.8 Å². The molecule has 0 unspecified atom stereocenters. The van der Waals surface area contributed by atoms with Crippen molar-refractivity contribution in [1.29, 1.82) is 0 Å². The number of anilines is 1. The zero-order valence-corrected chi connectivity index (χ0v) is 12.3. The third kappa shape index (κ3) is 3.74. The largest absolute Gasteiger partial charge is 0.364 e. The lowest BCUT2D eigenvalue weighted by atomic mass is 10.00. The fraction of sp³-hybridized carbons (Fsp3) is 0.538. The second-order valence-electron chi connectivity index (χ2n) is 5.20. The molecule has 1 fully saturated rings. The number of halogens is 1. The van der Waals surface area contributed by atoms with E-state index >= 15 is 0 Å². The lowest BCUT2D eigenvalue weighted by Gasteiger charge is -2.14. The van der Waals surface area contributed by atoms with Crippen LogP contribution in [0.5, 0.6) is 0 Å². The molecule has 1 aliphatic carbocycles. The van der Waals surface area contributed by atoms with E-state index in [4.69, 9.17) is 11.5 Å². The average Bonchev–Trinajstić information content (AvgIpc) is 2.86. The van der Waals surface area contributed by atoms with E-state index in [1.54, 1.807) is 23.9 Å². The number of aromatic nitrogens is 1. The van der Waals surface area contributed by atoms with Crippen LogP contribution in [0.4, 0.5) is 5.69 Å². The summed E-state index contributed by atoms with van der Waals surface area (Å²) in [7, 11) is 1.71. The van der Waals surface area contributed by atoms with Gasteiger partial charge in [-0.1, -0.05) is 6.42 Å². The molecule has 1 aromatic rings. The summed E-state index contributed by atoms with van der Waals surface area (Å²) in [6, 6.07) is 1.71. The van der Waals surface area contributed by atoms with Crippen molar-refractivity contribution < 1.29 is 9.59 Å². The first-order valence-electron chi connectivity index (χ1n) is 6.49. The maximum atomic E-state index is 11.9. The van der Waals surface area contributed by atoms with Crippen molar-refractivity contribution in [3.05, 3.63) is 18.0 Å². The second kappa shape index (κ2) is 6.76. The topological polar surface area (TPSA) is 103 Å². The Morgan fingerprint density at radius 1 is 1.45 bits per heavy atom. The molecule has 1 saturated carbocycles. The number of hydrogen-bond donors (Lipinski definition) is 3. The molecule has 0 radical (unpaired) electrons. The Hall–Kier alpha value is -1.53. The molecule has 2 rings (SSSR count). The van der Waals surface area contributed by atoms with Gasteiger partial charge in [-0.25, -0.2) is 0 Å². The molecule has 20 heavy (non-hydrogen) atoms. The Morgan fingerprint density at radius 3 is 2.65 bits per heavy atom. The van der Waals surface area contributed by atoms with Gasteiger partial charge in [0.1, 0.15) is 5.69 Å². The van der Waals surface area contributed by atoms with Gasteiger partial charge in [-0.05, 0) is 24.8 Å². The highest BCUT2D eigenvalue weighted by Crippen LogP contribution is 2.27. The van der Waals surface area contributed by atoms with E-state index in [0.29, 0.717) is 17.8 Å². The van der Waals surface area contributed by atoms with Gasteiger partial charge < -0.3 is 21.4 Å². The lowest BCUT2D eigenvalue weighted by Crippen LogP contribution is -2.28. The molecular weight excluding hydrogens is 280 g/mol. The summed E-state index contributed by atoms with van der Waals surface area (Å²) in [5.74, 6) is -0.316. The van der Waals surface area contributed by atoms with Crippen LogP contribution in [0.25, 0.3) is 0 Å². The van der Waals surface area contributed by atoms with E-state index in [-0.39, 0.29) is 30.3 Å². The van der Waals surface area contributed by atoms with E-state index < -0.39 is 5.91 Å². The predicted molar refractivity (Wildman–Crippen MR) is 79.7 cm³/mol. The van der Waals surface area contributed by atoms with Gasteiger partial charge in [0.2, 0.25) is 5.91 Å². The van der Waals surface area contributed by atoms with Crippen molar-refractivity contribution >= 4 is 29.9 Å². The van der Waals surface area contributed by atoms with Crippen LogP contribution in [-0.2, 0) is 11.8 Å². The van der Waals surface area contributed by atoms with Gasteiger partial charge >= 0.3 is 0 Å². The molecule has 1 aromatic heterocycles. The molecule has 2 atom stereocenters. The smallest absolute Gasteiger partial charge is 0.265 e. The quantitative estimate of drug-likeness (QED) is 0.773. The van der Waals surface area contributed by atoms with Crippen molar-refractivity contribution in [2.45, 2.75) is 31.7 Å². The molecule has 0 bridgehead atoms. The number of aryl methyl sites for hydroxylation is 1. The Bertz CT molecular complexity index is 501. The molecule has 6 nitrogen and oxygen atoms in total. The number of carbonyl (C=O) groups is 2. The fourth-order valence-corrected chi connectivity index (χ4v) is 2.65. The minimum absolute atomic E-state index is 0. The first-order valence-corrected chi connectivity index (χ1v) is 6.49. The maximum absolute atomic E-state index is 11.9. The van der Waals surface area contributed by atoms with Gasteiger partial charge in [0, 0.05) is 25.7 Å². The number of carbonyl (C=O) groups excluding carboxylic acids is 2. The third-order valence-corrected chi connectivity index (χ3v) is 3.71. The van der Waals surface area contributed by atoms with Gasteiger partial charge in [0.15, 0.2) is 0 Å². The highest BCUT2D eigenvalue weighted by molar-refractivity contribution is 5.95. The molecule has 0 aromatic carbocycles. The van der Waals surface area contributed by atoms with Crippen molar-refractivity contribution in [3.8, 4) is 0 Å². The first kappa shape index (κ1) is 16.5. The van der Waals surface area contributed by atoms with E-state index in [9.17, 15) is 9.59 Å². The van der Waals surface area contributed by atoms with E-state index in [1.807, 2.05) is 0 Å². The molecule has 0 aliphatic heterocycles. The Balaban J connectivity index is 0.00000200. The van der Waals surface area contributed by atoms with E-state index in [2.05, 4.69) is 5.32 Å². The summed E-state index contributed by atoms with van der Waals surface area (Å²) in [5, 5.41) is 2.78. The van der Waals surface area contributed by atoms with Crippen LogP contribution in [-0.4, -0.2) is 22.4 Å². The molecule has 112 valence electrons. The van der Waals surface area contributed by atoms with Crippen LogP contribution in [0.3, 0.4) is 0 Å². The molecule has 1 heterocycles. The number of nitrogens with one attached hydrogen (secondary N) is 1. The van der Waals surface area contributed by atoms with Crippen LogP contribution >= 0.6 is 12.4 Å². The van der Waals surface area contributed by atoms with Gasteiger partial charge in [-0.2, -0.15) is 0 Å². The lowest BCUT2D eigenvalue weighted by molar-refractivity contribution is -0.117. The zero-order valence-electron chi connectivity index (χ0n) is 11.5. The Labute approximate surface area is 124 Å². The van der Waals surface area contributed by atoms with E-state index in [1.165, 1.54) is 0 Å². The van der Waals surface area contributed by atoms with Gasteiger partial charge in [0.05, 0.1) is 5.69 Å². The monoisotopic (exact) mass is 300 g/mol. The van der Waals surface area contributed by atoms with Crippen LogP contribution in [0.2, 0.25) is 0 Å². The molecular formula is C13H21ClN4O2. The van der Waals surface area contributed by atoms with Crippen molar-refractivity contribution in [3.63, 3.8) is 0 Å². The van der Waals surface area contributed by atoms with Crippen molar-refractivity contribution in [1.82, 2.24) is 4.57 Å². The number of rotatable bonds is 4. The molecule has 5 N–H and O–H groups in total. The van der Waals surface area contributed by atoms with Crippen molar-refractivity contribution in [2.75, 3.05) is 5.32 Å². The van der Waals surface area contributed by atoms with E-state index in [0.717, 1.165) is 19.3 Å². The van der Waals surface area contributed by atoms with Crippen LogP contribution in [0, 0.1) is 5.92 Å². The molecule has 1 aliphatic rings. The maximum Gasteiger partial charge on any atom is 0.265 e. The normalized spacial score (nSPS) is 21.3. The summed E-state index contributed by atoms with van der Waals surface area (Å²) in [5.41, 5.74) is 12.1. The number of primary amides is 1. The van der Waals surface area contributed by atoms with Crippen LogP contribution in [0.1, 0.15) is 36.2 Å². The Morgan fingerprint density at radius 2 is 2.15 bits per heavy atom. The highest BCUT2D eigenvalue weighted by atomic mass is 35.5. The molecule has 0 saturated heterocycles. The standard InChI is InChI=1S/C13H20N4O2.ClH/c1-17-7-9(6-11(17)13(15)19)16-12(18)5-8-3-2-4-10(8)14;/h6-8,10H,2-5,14H2,1H3,(H2,15,19)(H,16,18);1H/t8-,10+;/m0./s1. The number of nitrogens with two attached hydrogens (primary N) is 2. The average molecular weight is 301 g/mol. The summed E-state index contributed by atoms with van der Waals surface area (Å²) in [6.07, 6.45) is 5.20. The zero-order chi connectivity index (χ0) is 14.0. The molecule has 7 heteroatoms. The van der Waals surface area contributed by atoms with Gasteiger partial charge in [0.25, 0.3) is 5.91 Å². The Kier molecular flexibility index (Phi) is 5.59. The SMILES string of the molecule is Cl.Cn1cc(NC(=O)C[C@@H]2CCC[C@H]2N)cc1C(N)=O. The number of nitrogens with zero attached hydrogens (tertiary/aromatic N) is 1. The molecule has 0 spiro atoms.